The zero-order chi connectivity index (χ0) is 13.6. The molecule has 5 heteroatoms. The van der Waals surface area contributed by atoms with Crippen LogP contribution in [0, 0.1) is 18.3 Å². The van der Waals surface area contributed by atoms with Crippen LogP contribution in [0.4, 0.5) is 5.69 Å². The van der Waals surface area contributed by atoms with Gasteiger partial charge in [-0.3, -0.25) is 0 Å². The first-order chi connectivity index (χ1) is 8.50. The predicted molar refractivity (Wildman–Crippen MR) is 73.3 cm³/mol. The maximum absolute atomic E-state index is 11.5. The molecule has 0 aliphatic rings. The normalized spacial score (nSPS) is 10.9. The van der Waals surface area contributed by atoms with Gasteiger partial charge >= 0.3 is 0 Å². The molecule has 0 saturated carbocycles. The van der Waals surface area contributed by atoms with Crippen LogP contribution in [-0.2, 0) is 9.84 Å². The van der Waals surface area contributed by atoms with E-state index in [9.17, 15) is 8.42 Å². The van der Waals surface area contributed by atoms with Crippen LogP contribution in [0.5, 0.6) is 0 Å². The number of hydrogen-bond acceptors (Lipinski definition) is 4. The maximum Gasteiger partial charge on any atom is 0.152 e. The first-order valence-electron chi connectivity index (χ1n) is 5.94. The lowest BCUT2D eigenvalue weighted by atomic mass is 10.1. The molecule has 1 aromatic rings. The number of benzene rings is 1. The summed E-state index contributed by atoms with van der Waals surface area (Å²) < 4.78 is 23.1. The number of nitriles is 1. The van der Waals surface area contributed by atoms with Crippen molar-refractivity contribution in [1.82, 2.24) is 0 Å². The standard InChI is InChI=1S/C13H18N2O2S/c1-3-8-18(16,17)9-7-15-13-6-4-5-11(2)12(13)10-14/h4-6,15H,3,7-9H2,1-2H3. The van der Waals surface area contributed by atoms with Gasteiger partial charge in [-0.15, -0.1) is 0 Å². The Balaban J connectivity index is 2.66. The third kappa shape index (κ3) is 4.04. The summed E-state index contributed by atoms with van der Waals surface area (Å²) in [4.78, 5) is 0. The minimum absolute atomic E-state index is 0.0969. The third-order valence-electron chi connectivity index (χ3n) is 2.63. The molecule has 0 fully saturated rings. The van der Waals surface area contributed by atoms with Crippen molar-refractivity contribution in [3.05, 3.63) is 29.3 Å². The molecular formula is C13H18N2O2S. The molecule has 0 unspecified atom stereocenters. The van der Waals surface area contributed by atoms with Crippen molar-refractivity contribution in [1.29, 1.82) is 5.26 Å². The fourth-order valence-corrected chi connectivity index (χ4v) is 2.96. The summed E-state index contributed by atoms with van der Waals surface area (Å²) in [6.07, 6.45) is 0.635. The van der Waals surface area contributed by atoms with E-state index in [2.05, 4.69) is 11.4 Å². The summed E-state index contributed by atoms with van der Waals surface area (Å²) >= 11 is 0. The molecule has 0 amide bonds. The van der Waals surface area contributed by atoms with Crippen LogP contribution in [0.25, 0.3) is 0 Å². The summed E-state index contributed by atoms with van der Waals surface area (Å²) in [5.41, 5.74) is 2.16. The lowest BCUT2D eigenvalue weighted by Gasteiger charge is -2.09. The molecule has 0 atom stereocenters. The van der Waals surface area contributed by atoms with Crippen LogP contribution in [0.15, 0.2) is 18.2 Å². The second kappa shape index (κ2) is 6.41. The Bertz CT molecular complexity index is 545. The largest absolute Gasteiger partial charge is 0.383 e. The van der Waals surface area contributed by atoms with E-state index in [0.29, 0.717) is 24.2 Å². The van der Waals surface area contributed by atoms with Crippen LogP contribution < -0.4 is 5.32 Å². The van der Waals surface area contributed by atoms with Gasteiger partial charge in [-0.25, -0.2) is 8.42 Å². The van der Waals surface area contributed by atoms with Crippen molar-refractivity contribution in [2.24, 2.45) is 0 Å². The van der Waals surface area contributed by atoms with Crippen molar-refractivity contribution in [2.45, 2.75) is 20.3 Å². The van der Waals surface area contributed by atoms with Crippen molar-refractivity contribution in [2.75, 3.05) is 23.4 Å². The van der Waals surface area contributed by atoms with Gasteiger partial charge in [0.05, 0.1) is 17.0 Å². The molecule has 98 valence electrons. The lowest BCUT2D eigenvalue weighted by Crippen LogP contribution is -2.18. The van der Waals surface area contributed by atoms with E-state index in [1.807, 2.05) is 26.0 Å². The molecule has 0 radical (unpaired) electrons. The number of rotatable bonds is 6. The number of nitrogens with zero attached hydrogens (tertiary/aromatic N) is 1. The number of hydrogen-bond donors (Lipinski definition) is 1. The monoisotopic (exact) mass is 266 g/mol. The summed E-state index contributed by atoms with van der Waals surface area (Å²) in [6, 6.07) is 7.62. The van der Waals surface area contributed by atoms with E-state index in [1.54, 1.807) is 6.07 Å². The van der Waals surface area contributed by atoms with Gasteiger partial charge in [0.2, 0.25) is 0 Å². The van der Waals surface area contributed by atoms with E-state index in [-0.39, 0.29) is 11.5 Å². The number of aryl methyl sites for hydroxylation is 1. The number of nitrogens with one attached hydrogen (secondary N) is 1. The Hall–Kier alpha value is -1.54. The predicted octanol–water partition coefficient (Wildman–Crippen LogP) is 2.10. The number of anilines is 1. The van der Waals surface area contributed by atoms with Crippen molar-refractivity contribution < 1.29 is 8.42 Å². The summed E-state index contributed by atoms with van der Waals surface area (Å²) in [5.74, 6) is 0.313. The molecule has 0 aliphatic carbocycles. The highest BCUT2D eigenvalue weighted by Gasteiger charge is 2.10. The summed E-state index contributed by atoms with van der Waals surface area (Å²) in [6.45, 7) is 4.04. The molecule has 0 heterocycles. The zero-order valence-corrected chi connectivity index (χ0v) is 11.5. The molecule has 0 saturated heterocycles. The van der Waals surface area contributed by atoms with Crippen molar-refractivity contribution >= 4 is 15.5 Å². The van der Waals surface area contributed by atoms with Crippen LogP contribution in [0.2, 0.25) is 0 Å². The zero-order valence-electron chi connectivity index (χ0n) is 10.7. The van der Waals surface area contributed by atoms with Gasteiger partial charge in [0.1, 0.15) is 6.07 Å². The van der Waals surface area contributed by atoms with Crippen LogP contribution >= 0.6 is 0 Å². The van der Waals surface area contributed by atoms with E-state index >= 15 is 0 Å². The van der Waals surface area contributed by atoms with E-state index in [1.165, 1.54) is 0 Å². The topological polar surface area (TPSA) is 70.0 Å². The SMILES string of the molecule is CCCS(=O)(=O)CCNc1cccc(C)c1C#N. The van der Waals surface area contributed by atoms with Gasteiger partial charge in [-0.05, 0) is 25.0 Å². The first-order valence-corrected chi connectivity index (χ1v) is 7.76. The van der Waals surface area contributed by atoms with Crippen molar-refractivity contribution in [3.8, 4) is 6.07 Å². The molecular weight excluding hydrogens is 248 g/mol. The molecule has 1 rings (SSSR count). The molecule has 1 aromatic carbocycles. The summed E-state index contributed by atoms with van der Waals surface area (Å²) in [7, 11) is -2.98. The highest BCUT2D eigenvalue weighted by Crippen LogP contribution is 2.17. The smallest absolute Gasteiger partial charge is 0.152 e. The maximum atomic E-state index is 11.5. The van der Waals surface area contributed by atoms with Gasteiger partial charge in [0.15, 0.2) is 9.84 Å². The second-order valence-electron chi connectivity index (χ2n) is 4.19. The Morgan fingerprint density at radius 1 is 1.33 bits per heavy atom. The Labute approximate surface area is 109 Å². The Kier molecular flexibility index (Phi) is 5.17. The lowest BCUT2D eigenvalue weighted by molar-refractivity contribution is 0.595. The van der Waals surface area contributed by atoms with Gasteiger partial charge in [0, 0.05) is 12.3 Å². The van der Waals surface area contributed by atoms with Crippen LogP contribution in [0.1, 0.15) is 24.5 Å². The highest BCUT2D eigenvalue weighted by atomic mass is 32.2. The van der Waals surface area contributed by atoms with E-state index < -0.39 is 9.84 Å². The fourth-order valence-electron chi connectivity index (χ4n) is 1.72. The van der Waals surface area contributed by atoms with Gasteiger partial charge in [0.25, 0.3) is 0 Å². The molecule has 0 spiro atoms. The van der Waals surface area contributed by atoms with Crippen molar-refractivity contribution in [3.63, 3.8) is 0 Å². The van der Waals surface area contributed by atoms with E-state index in [0.717, 1.165) is 5.56 Å². The average molecular weight is 266 g/mol. The summed E-state index contributed by atoms with van der Waals surface area (Å²) in [5, 5.41) is 12.1. The molecule has 0 aliphatic heterocycles. The van der Waals surface area contributed by atoms with Gasteiger partial charge in [-0.1, -0.05) is 19.1 Å². The minimum atomic E-state index is -2.98. The minimum Gasteiger partial charge on any atom is -0.383 e. The molecule has 0 bridgehead atoms. The Morgan fingerprint density at radius 3 is 2.67 bits per heavy atom. The fraction of sp³-hybridized carbons (Fsp3) is 0.462. The Morgan fingerprint density at radius 2 is 2.06 bits per heavy atom. The first kappa shape index (κ1) is 14.5. The third-order valence-corrected chi connectivity index (χ3v) is 4.48. The van der Waals surface area contributed by atoms with Gasteiger partial charge < -0.3 is 5.32 Å². The van der Waals surface area contributed by atoms with E-state index in [4.69, 9.17) is 5.26 Å². The van der Waals surface area contributed by atoms with Crippen LogP contribution in [0.3, 0.4) is 0 Å². The highest BCUT2D eigenvalue weighted by molar-refractivity contribution is 7.91. The molecule has 1 N–H and O–H groups in total. The second-order valence-corrected chi connectivity index (χ2v) is 6.49. The molecule has 0 aromatic heterocycles. The molecule has 18 heavy (non-hydrogen) atoms. The van der Waals surface area contributed by atoms with Crippen LogP contribution in [-0.4, -0.2) is 26.5 Å². The average Bonchev–Trinajstić information content (AvgIpc) is 2.29. The quantitative estimate of drug-likeness (QED) is 0.856. The van der Waals surface area contributed by atoms with Gasteiger partial charge in [-0.2, -0.15) is 5.26 Å². The molecule has 4 nitrogen and oxygen atoms in total. The number of sulfone groups is 1.